The van der Waals surface area contributed by atoms with Crippen molar-refractivity contribution in [1.82, 2.24) is 0 Å². The Morgan fingerprint density at radius 3 is 2.81 bits per heavy atom. The molecule has 0 aromatic rings. The van der Waals surface area contributed by atoms with Crippen LogP contribution in [-0.2, 0) is 4.74 Å². The molecule has 0 spiro atoms. The van der Waals surface area contributed by atoms with Crippen LogP contribution in [0.4, 0.5) is 0 Å². The third-order valence-electron chi connectivity index (χ3n) is 3.48. The number of hydrogen-bond acceptors (Lipinski definition) is 3. The molecule has 0 heterocycles. The zero-order chi connectivity index (χ0) is 12.0. The lowest BCUT2D eigenvalue weighted by molar-refractivity contribution is -0.0142. The first-order chi connectivity index (χ1) is 7.71. The van der Waals surface area contributed by atoms with E-state index in [-0.39, 0.29) is 18.0 Å². The number of hydrogen-bond donors (Lipinski definition) is 2. The predicted molar refractivity (Wildman–Crippen MR) is 64.6 cm³/mol. The van der Waals surface area contributed by atoms with E-state index in [1.807, 2.05) is 6.92 Å². The molecule has 4 heteroatoms. The summed E-state index contributed by atoms with van der Waals surface area (Å²) in [6.07, 6.45) is 6.79. The second-order valence-corrected chi connectivity index (χ2v) is 4.62. The van der Waals surface area contributed by atoms with Gasteiger partial charge >= 0.3 is 0 Å². The van der Waals surface area contributed by atoms with Crippen LogP contribution >= 0.6 is 0 Å². The fraction of sp³-hybridized carbons (Fsp3) is 0.917. The molecule has 4 nitrogen and oxygen atoms in total. The topological polar surface area (TPSA) is 67.8 Å². The van der Waals surface area contributed by atoms with E-state index in [0.717, 1.165) is 25.2 Å². The van der Waals surface area contributed by atoms with Crippen molar-refractivity contribution in [1.29, 1.82) is 0 Å². The smallest absolute Gasteiger partial charge is 0.168 e. The van der Waals surface area contributed by atoms with Crippen LogP contribution in [0.25, 0.3) is 0 Å². The van der Waals surface area contributed by atoms with Gasteiger partial charge in [-0.15, -0.1) is 0 Å². The van der Waals surface area contributed by atoms with Gasteiger partial charge in [0.25, 0.3) is 0 Å². The van der Waals surface area contributed by atoms with Gasteiger partial charge in [0.2, 0.25) is 0 Å². The zero-order valence-corrected chi connectivity index (χ0v) is 10.4. The van der Waals surface area contributed by atoms with Gasteiger partial charge in [0.05, 0.1) is 6.10 Å². The van der Waals surface area contributed by atoms with E-state index in [1.54, 1.807) is 0 Å². The highest BCUT2D eigenvalue weighted by Gasteiger charge is 2.25. The first-order valence-corrected chi connectivity index (χ1v) is 6.34. The summed E-state index contributed by atoms with van der Waals surface area (Å²) in [6, 6.07) is 0. The lowest BCUT2D eigenvalue weighted by atomic mass is 9.85. The van der Waals surface area contributed by atoms with Crippen molar-refractivity contribution in [3.63, 3.8) is 0 Å². The summed E-state index contributed by atoms with van der Waals surface area (Å²) in [7, 11) is 0. The van der Waals surface area contributed by atoms with Crippen LogP contribution in [0.2, 0.25) is 0 Å². The lowest BCUT2D eigenvalue weighted by Crippen LogP contribution is -2.36. The van der Waals surface area contributed by atoms with Crippen molar-refractivity contribution in [2.75, 3.05) is 0 Å². The van der Waals surface area contributed by atoms with Gasteiger partial charge in [-0.25, -0.2) is 0 Å². The van der Waals surface area contributed by atoms with Gasteiger partial charge in [-0.05, 0) is 25.2 Å². The van der Waals surface area contributed by atoms with E-state index >= 15 is 0 Å². The van der Waals surface area contributed by atoms with E-state index in [4.69, 9.17) is 15.7 Å². The van der Waals surface area contributed by atoms with Crippen LogP contribution in [0.15, 0.2) is 5.16 Å². The molecule has 3 unspecified atom stereocenters. The average Bonchev–Trinajstić information content (AvgIpc) is 2.35. The van der Waals surface area contributed by atoms with E-state index in [2.05, 4.69) is 12.1 Å². The van der Waals surface area contributed by atoms with Crippen molar-refractivity contribution in [3.05, 3.63) is 0 Å². The SMILES string of the molecule is CCC1CCCC(OC(CC)C(N)=NO)C1. The molecule has 1 aliphatic rings. The summed E-state index contributed by atoms with van der Waals surface area (Å²) in [5, 5.41) is 11.7. The van der Waals surface area contributed by atoms with Gasteiger partial charge in [0, 0.05) is 0 Å². The quantitative estimate of drug-likeness (QED) is 0.329. The van der Waals surface area contributed by atoms with Crippen LogP contribution < -0.4 is 5.73 Å². The Morgan fingerprint density at radius 2 is 2.25 bits per heavy atom. The zero-order valence-electron chi connectivity index (χ0n) is 10.4. The largest absolute Gasteiger partial charge is 0.409 e. The molecule has 3 N–H and O–H groups in total. The molecule has 16 heavy (non-hydrogen) atoms. The van der Waals surface area contributed by atoms with Gasteiger partial charge < -0.3 is 15.7 Å². The molecule has 94 valence electrons. The standard InChI is InChI=1S/C12H24N2O2/c1-3-9-6-5-7-10(8-9)16-11(4-2)12(13)14-15/h9-11,15H,3-8H2,1-2H3,(H2,13,14). The first kappa shape index (κ1) is 13.3. The molecular weight excluding hydrogens is 204 g/mol. The summed E-state index contributed by atoms with van der Waals surface area (Å²) in [6.45, 7) is 4.22. The average molecular weight is 228 g/mol. The third kappa shape index (κ3) is 3.67. The molecular formula is C12H24N2O2. The molecule has 3 atom stereocenters. The van der Waals surface area contributed by atoms with Gasteiger partial charge in [-0.2, -0.15) is 0 Å². The van der Waals surface area contributed by atoms with Crippen LogP contribution in [0.1, 0.15) is 52.4 Å². The van der Waals surface area contributed by atoms with Gasteiger partial charge in [-0.3, -0.25) is 0 Å². The fourth-order valence-corrected chi connectivity index (χ4v) is 2.41. The Morgan fingerprint density at radius 1 is 1.50 bits per heavy atom. The molecule has 0 aromatic carbocycles. The van der Waals surface area contributed by atoms with E-state index in [0.29, 0.717) is 0 Å². The number of oxime groups is 1. The van der Waals surface area contributed by atoms with E-state index in [9.17, 15) is 0 Å². The normalized spacial score (nSPS) is 29.0. The number of rotatable bonds is 5. The Bertz CT molecular complexity index is 231. The summed E-state index contributed by atoms with van der Waals surface area (Å²) in [5.74, 6) is 0.977. The monoisotopic (exact) mass is 228 g/mol. The molecule has 0 bridgehead atoms. The molecule has 1 aliphatic carbocycles. The lowest BCUT2D eigenvalue weighted by Gasteiger charge is -2.31. The minimum absolute atomic E-state index is 0.195. The minimum atomic E-state index is -0.231. The highest BCUT2D eigenvalue weighted by atomic mass is 16.5. The van der Waals surface area contributed by atoms with Crippen LogP contribution in [0.3, 0.4) is 0 Å². The van der Waals surface area contributed by atoms with Crippen LogP contribution in [-0.4, -0.2) is 23.3 Å². The Kier molecular flexibility index (Phi) is 5.60. The number of nitrogens with two attached hydrogens (primary N) is 1. The van der Waals surface area contributed by atoms with Crippen LogP contribution in [0, 0.1) is 5.92 Å². The van der Waals surface area contributed by atoms with E-state index < -0.39 is 0 Å². The predicted octanol–water partition coefficient (Wildman–Crippen LogP) is 2.50. The van der Waals surface area contributed by atoms with Gasteiger partial charge in [0.1, 0.15) is 6.10 Å². The fourth-order valence-electron chi connectivity index (χ4n) is 2.41. The number of nitrogens with zero attached hydrogens (tertiary/aromatic N) is 1. The van der Waals surface area contributed by atoms with Crippen molar-refractivity contribution in [2.45, 2.75) is 64.6 Å². The molecule has 1 rings (SSSR count). The third-order valence-corrected chi connectivity index (χ3v) is 3.48. The Balaban J connectivity index is 2.45. The first-order valence-electron chi connectivity index (χ1n) is 6.34. The van der Waals surface area contributed by atoms with Crippen molar-refractivity contribution in [3.8, 4) is 0 Å². The van der Waals surface area contributed by atoms with Crippen molar-refractivity contribution < 1.29 is 9.94 Å². The second-order valence-electron chi connectivity index (χ2n) is 4.62. The van der Waals surface area contributed by atoms with Crippen LogP contribution in [0.5, 0.6) is 0 Å². The highest BCUT2D eigenvalue weighted by molar-refractivity contribution is 5.84. The molecule has 0 aliphatic heterocycles. The van der Waals surface area contributed by atoms with Gasteiger partial charge in [-0.1, -0.05) is 38.3 Å². The maximum Gasteiger partial charge on any atom is 0.168 e. The second kappa shape index (κ2) is 6.74. The Hall–Kier alpha value is -0.770. The molecule has 1 fully saturated rings. The summed E-state index contributed by atoms with van der Waals surface area (Å²) in [4.78, 5) is 0. The number of amidine groups is 1. The minimum Gasteiger partial charge on any atom is -0.409 e. The summed E-state index contributed by atoms with van der Waals surface area (Å²) < 4.78 is 5.91. The molecule has 0 aromatic heterocycles. The van der Waals surface area contributed by atoms with Crippen molar-refractivity contribution >= 4 is 5.84 Å². The van der Waals surface area contributed by atoms with Gasteiger partial charge in [0.15, 0.2) is 5.84 Å². The molecule has 1 saturated carbocycles. The highest BCUT2D eigenvalue weighted by Crippen LogP contribution is 2.29. The molecule has 0 amide bonds. The summed E-state index contributed by atoms with van der Waals surface area (Å²) >= 11 is 0. The molecule has 0 saturated heterocycles. The van der Waals surface area contributed by atoms with Crippen molar-refractivity contribution in [2.24, 2.45) is 16.8 Å². The maximum absolute atomic E-state index is 8.65. The summed E-state index contributed by atoms with van der Waals surface area (Å²) in [5.41, 5.74) is 5.59. The Labute approximate surface area is 97.8 Å². The number of ether oxygens (including phenoxy) is 1. The van der Waals surface area contributed by atoms with E-state index in [1.165, 1.54) is 19.3 Å². The maximum atomic E-state index is 8.65. The molecule has 0 radical (unpaired) electrons.